The summed E-state index contributed by atoms with van der Waals surface area (Å²) in [6, 6.07) is 90.8. The van der Waals surface area contributed by atoms with Gasteiger partial charge in [-0.2, -0.15) is 0 Å². The lowest BCUT2D eigenvalue weighted by Gasteiger charge is -2.46. The third-order valence-corrected chi connectivity index (χ3v) is 22.1. The maximum Gasteiger partial charge on any atom is 0.184 e. The van der Waals surface area contributed by atoms with Crippen LogP contribution < -0.4 is 51.3 Å². The van der Waals surface area contributed by atoms with E-state index in [0.717, 1.165) is 11.4 Å². The third kappa shape index (κ3) is 5.37. The molecule has 2 heterocycles. The van der Waals surface area contributed by atoms with E-state index < -0.39 is 16.1 Å². The highest BCUT2D eigenvalue weighted by Gasteiger charge is 2.50. The Labute approximate surface area is 350 Å². The Balaban J connectivity index is 0.00000420. The van der Waals surface area contributed by atoms with E-state index in [9.17, 15) is 0 Å². The number of nitrogens with zero attached hydrogens (tertiary/aromatic N) is 2. The molecule has 9 aromatic carbocycles. The van der Waals surface area contributed by atoms with Gasteiger partial charge in [-0.15, -0.1) is 0 Å². The van der Waals surface area contributed by atoms with E-state index in [0.29, 0.717) is 0 Å². The molecule has 11 rings (SSSR count). The van der Waals surface area contributed by atoms with Crippen LogP contribution in [-0.2, 0) is 0 Å². The lowest BCUT2D eigenvalue weighted by atomic mass is 10.1. The number of benzene rings is 9. The van der Waals surface area contributed by atoms with Crippen LogP contribution in [0.4, 0.5) is 34.1 Å². The second kappa shape index (κ2) is 14.7. The molecule has 4 heteroatoms. The van der Waals surface area contributed by atoms with Gasteiger partial charge in [0, 0.05) is 34.1 Å². The van der Waals surface area contributed by atoms with E-state index in [1.807, 2.05) is 0 Å². The molecule has 0 radical (unpaired) electrons. The Morgan fingerprint density at radius 3 is 0.746 bits per heavy atom. The van der Waals surface area contributed by atoms with Gasteiger partial charge in [-0.05, 0) is 84.0 Å². The van der Waals surface area contributed by atoms with Crippen molar-refractivity contribution < 1.29 is 0 Å². The quantitative estimate of drug-likeness (QED) is 0.156. The summed E-state index contributed by atoms with van der Waals surface area (Å²) >= 11 is 0. The summed E-state index contributed by atoms with van der Waals surface area (Å²) in [5, 5.41) is 11.1. The monoisotopic (exact) mass is 788 g/mol. The molecule has 282 valence electrons. The first-order valence-corrected chi connectivity index (χ1v) is 24.1. The van der Waals surface area contributed by atoms with E-state index in [1.165, 1.54) is 64.2 Å². The zero-order valence-corrected chi connectivity index (χ0v) is 34.0. The lowest BCUT2D eigenvalue weighted by molar-refractivity contribution is 1.25. The Kier molecular flexibility index (Phi) is 9.09. The first-order chi connectivity index (χ1) is 28.8. The van der Waals surface area contributed by atoms with Crippen LogP contribution in [0.1, 0.15) is 7.43 Å². The maximum atomic E-state index is 2.51. The first-order valence-electron chi connectivity index (χ1n) is 20.1. The number of hydrogen-bond acceptors (Lipinski definition) is 2. The van der Waals surface area contributed by atoms with Crippen molar-refractivity contribution in [3.63, 3.8) is 0 Å². The molecule has 0 fully saturated rings. The average Bonchev–Trinajstić information content (AvgIpc) is 3.31. The zero-order chi connectivity index (χ0) is 38.5. The molecular formula is C55H44N2Si2. The summed E-state index contributed by atoms with van der Waals surface area (Å²) in [6.45, 7) is 0. The molecule has 2 nitrogen and oxygen atoms in total. The van der Waals surface area contributed by atoms with Gasteiger partial charge in [-0.1, -0.05) is 208 Å². The Bertz CT molecular complexity index is 2540. The fourth-order valence-electron chi connectivity index (χ4n) is 10.2. The van der Waals surface area contributed by atoms with Crippen molar-refractivity contribution in [1.82, 2.24) is 0 Å². The average molecular weight is 789 g/mol. The van der Waals surface area contributed by atoms with Gasteiger partial charge in [-0.3, -0.25) is 0 Å². The molecule has 9 aromatic rings. The fourth-order valence-corrected chi connectivity index (χ4v) is 20.4. The Morgan fingerprint density at radius 2 is 0.475 bits per heavy atom. The largest absolute Gasteiger partial charge is 0.311 e. The van der Waals surface area contributed by atoms with Crippen molar-refractivity contribution >= 4 is 91.8 Å². The highest BCUT2D eigenvalue weighted by Crippen LogP contribution is 2.43. The molecular weight excluding hydrogens is 745 g/mol. The van der Waals surface area contributed by atoms with E-state index in [1.54, 1.807) is 0 Å². The number of anilines is 6. The van der Waals surface area contributed by atoms with Crippen molar-refractivity contribution in [1.29, 1.82) is 0 Å². The summed E-state index contributed by atoms with van der Waals surface area (Å²) in [5.41, 5.74) is 7.20. The molecule has 0 saturated heterocycles. The van der Waals surface area contributed by atoms with Crippen LogP contribution in [0.3, 0.4) is 0 Å². The van der Waals surface area contributed by atoms with Gasteiger partial charge < -0.3 is 9.80 Å². The van der Waals surface area contributed by atoms with E-state index >= 15 is 0 Å². The van der Waals surface area contributed by atoms with Crippen LogP contribution >= 0.6 is 0 Å². The van der Waals surface area contributed by atoms with Crippen molar-refractivity contribution in [2.24, 2.45) is 0 Å². The third-order valence-electron chi connectivity index (χ3n) is 12.4. The van der Waals surface area contributed by atoms with Gasteiger partial charge in [0.25, 0.3) is 0 Å². The molecule has 0 amide bonds. The minimum absolute atomic E-state index is 0. The summed E-state index contributed by atoms with van der Waals surface area (Å²) in [6.07, 6.45) is 0. The number of hydrogen-bond donors (Lipinski definition) is 0. The SMILES string of the molecule is C.c1ccc([Si]2(c3ccccc3)c3ccccc3N(c3cccc(N4c5ccccc5[Si](c5ccccc5)(c5ccccc5)c5ccccc54)c3)c3ccccc32)cc1. The predicted molar refractivity (Wildman–Crippen MR) is 257 cm³/mol. The minimum Gasteiger partial charge on any atom is -0.311 e. The van der Waals surface area contributed by atoms with Gasteiger partial charge in [0.15, 0.2) is 16.1 Å². The standard InChI is InChI=1S/C54H40N2Si2.CH4/c1-5-24-43(25-6-1)57(44-26-7-2-8-27-44)51-36-17-13-32-47(51)55(48-33-14-18-37-52(48)57)41-22-21-23-42(40-41)56-49-34-15-19-38-53(49)58(45-28-9-3-10-29-45,46-30-11-4-12-31-46)54-39-20-16-35-50(54)56;/h1-40H;1H4. The zero-order valence-electron chi connectivity index (χ0n) is 32.0. The van der Waals surface area contributed by atoms with Crippen molar-refractivity contribution in [2.45, 2.75) is 7.43 Å². The molecule has 0 aliphatic carbocycles. The van der Waals surface area contributed by atoms with E-state index in [2.05, 4.69) is 252 Å². The highest BCUT2D eigenvalue weighted by atomic mass is 28.3. The van der Waals surface area contributed by atoms with Crippen LogP contribution in [0.5, 0.6) is 0 Å². The normalized spacial score (nSPS) is 14.2. The number of rotatable bonds is 6. The highest BCUT2D eigenvalue weighted by molar-refractivity contribution is 7.22. The molecule has 0 N–H and O–H groups in total. The summed E-state index contributed by atoms with van der Waals surface area (Å²) in [5.74, 6) is 0. The predicted octanol–water partition coefficient (Wildman–Crippen LogP) is 8.64. The molecule has 0 unspecified atom stereocenters. The molecule has 2 aliphatic heterocycles. The fraction of sp³-hybridized carbons (Fsp3) is 0.0182. The van der Waals surface area contributed by atoms with E-state index in [-0.39, 0.29) is 7.43 Å². The van der Waals surface area contributed by atoms with Gasteiger partial charge in [0.2, 0.25) is 0 Å². The Morgan fingerprint density at radius 1 is 0.237 bits per heavy atom. The van der Waals surface area contributed by atoms with Crippen molar-refractivity contribution in [2.75, 3.05) is 9.80 Å². The van der Waals surface area contributed by atoms with Crippen LogP contribution in [-0.4, -0.2) is 16.1 Å². The smallest absolute Gasteiger partial charge is 0.184 e. The topological polar surface area (TPSA) is 6.48 Å². The molecule has 0 aromatic heterocycles. The Hall–Kier alpha value is -6.99. The molecule has 59 heavy (non-hydrogen) atoms. The first kappa shape index (κ1) is 36.4. The lowest BCUT2D eigenvalue weighted by Crippen LogP contribution is -2.77. The molecule has 2 aliphatic rings. The van der Waals surface area contributed by atoms with Crippen LogP contribution in [0, 0.1) is 0 Å². The van der Waals surface area contributed by atoms with Crippen molar-refractivity contribution in [3.05, 3.63) is 243 Å². The molecule has 0 bridgehead atoms. The minimum atomic E-state index is -2.72. The van der Waals surface area contributed by atoms with E-state index in [4.69, 9.17) is 0 Å². The summed E-state index contributed by atoms with van der Waals surface area (Å²) in [7, 11) is -5.44. The van der Waals surface area contributed by atoms with Gasteiger partial charge in [0.05, 0.1) is 0 Å². The second-order valence-electron chi connectivity index (χ2n) is 15.2. The number of para-hydroxylation sites is 4. The van der Waals surface area contributed by atoms with Gasteiger partial charge in [0.1, 0.15) is 0 Å². The van der Waals surface area contributed by atoms with Crippen LogP contribution in [0.2, 0.25) is 0 Å². The summed E-state index contributed by atoms with van der Waals surface area (Å²) < 4.78 is 0. The number of fused-ring (bicyclic) bond motifs is 4. The van der Waals surface area contributed by atoms with Gasteiger partial charge in [-0.25, -0.2) is 0 Å². The van der Waals surface area contributed by atoms with Crippen LogP contribution in [0.25, 0.3) is 0 Å². The molecule has 0 spiro atoms. The maximum absolute atomic E-state index is 2.72. The molecule has 0 atom stereocenters. The second-order valence-corrected chi connectivity index (χ2v) is 22.7. The van der Waals surface area contributed by atoms with Crippen molar-refractivity contribution in [3.8, 4) is 0 Å². The molecule has 0 saturated carbocycles. The van der Waals surface area contributed by atoms with Crippen LogP contribution in [0.15, 0.2) is 243 Å². The van der Waals surface area contributed by atoms with Gasteiger partial charge >= 0.3 is 0 Å². The summed E-state index contributed by atoms with van der Waals surface area (Å²) in [4.78, 5) is 5.03.